The van der Waals surface area contributed by atoms with Gasteiger partial charge in [-0.15, -0.1) is 0 Å². The van der Waals surface area contributed by atoms with Crippen molar-refractivity contribution in [3.05, 3.63) is 63.6 Å². The summed E-state index contributed by atoms with van der Waals surface area (Å²) in [6.45, 7) is 0. The van der Waals surface area contributed by atoms with Crippen LogP contribution in [0.5, 0.6) is 5.75 Å². The Balaban J connectivity index is 2.33. The monoisotopic (exact) mass is 324 g/mol. The third kappa shape index (κ3) is 3.69. The Labute approximate surface area is 133 Å². The van der Waals surface area contributed by atoms with Crippen molar-refractivity contribution in [3.8, 4) is 5.75 Å². The molecule has 0 spiro atoms. The summed E-state index contributed by atoms with van der Waals surface area (Å²) < 4.78 is 5.08. The third-order valence-corrected chi connectivity index (χ3v) is 3.99. The Bertz CT molecular complexity index is 618. The first kappa shape index (κ1) is 15.7. The largest absolute Gasteiger partial charge is 0.497 e. The van der Waals surface area contributed by atoms with Crippen LogP contribution in [0.25, 0.3) is 0 Å². The van der Waals surface area contributed by atoms with Crippen LogP contribution in [0, 0.1) is 0 Å². The lowest BCUT2D eigenvalue weighted by Crippen LogP contribution is -2.15. The Kier molecular flexibility index (Phi) is 5.10. The highest BCUT2D eigenvalue weighted by molar-refractivity contribution is 6.36. The number of hydrogen-bond donors (Lipinski definition) is 1. The van der Waals surface area contributed by atoms with E-state index >= 15 is 0 Å². The van der Waals surface area contributed by atoms with E-state index in [1.165, 1.54) is 0 Å². The first-order valence-electron chi connectivity index (χ1n) is 6.32. The normalized spacial score (nSPS) is 12.0. The minimum absolute atomic E-state index is 0.236. The molecule has 0 heterocycles. The van der Waals surface area contributed by atoms with Gasteiger partial charge in [-0.1, -0.05) is 41.4 Å². The van der Waals surface area contributed by atoms with Gasteiger partial charge in [0.05, 0.1) is 13.0 Å². The molecule has 110 valence electrons. The van der Waals surface area contributed by atoms with Gasteiger partial charge in [0, 0.05) is 10.0 Å². The Morgan fingerprint density at radius 2 is 1.71 bits per heavy atom. The van der Waals surface area contributed by atoms with Gasteiger partial charge >= 0.3 is 5.97 Å². The number of halogens is 2. The summed E-state index contributed by atoms with van der Waals surface area (Å²) in [5.41, 5.74) is 1.32. The SMILES string of the molecule is COc1ccc(C(Cc2c(Cl)cccc2Cl)C(=O)O)cc1. The lowest BCUT2D eigenvalue weighted by molar-refractivity contribution is -0.138. The van der Waals surface area contributed by atoms with Crippen molar-refractivity contribution < 1.29 is 14.6 Å². The molecule has 2 rings (SSSR count). The predicted octanol–water partition coefficient (Wildman–Crippen LogP) is 4.41. The number of carboxylic acid groups (broad SMARTS) is 1. The maximum Gasteiger partial charge on any atom is 0.311 e. The van der Waals surface area contributed by atoms with Crippen molar-refractivity contribution in [2.45, 2.75) is 12.3 Å². The van der Waals surface area contributed by atoms with E-state index in [2.05, 4.69) is 0 Å². The van der Waals surface area contributed by atoms with Gasteiger partial charge in [-0.3, -0.25) is 4.79 Å². The number of methoxy groups -OCH3 is 1. The average Bonchev–Trinajstić information content (AvgIpc) is 2.47. The van der Waals surface area contributed by atoms with Crippen molar-refractivity contribution >= 4 is 29.2 Å². The van der Waals surface area contributed by atoms with Crippen molar-refractivity contribution in [2.24, 2.45) is 0 Å². The minimum Gasteiger partial charge on any atom is -0.497 e. The van der Waals surface area contributed by atoms with Gasteiger partial charge in [0.25, 0.3) is 0 Å². The Morgan fingerprint density at radius 1 is 1.14 bits per heavy atom. The molecule has 2 aromatic rings. The summed E-state index contributed by atoms with van der Waals surface area (Å²) in [4.78, 5) is 11.6. The number of ether oxygens (including phenoxy) is 1. The van der Waals surface area contributed by atoms with E-state index in [-0.39, 0.29) is 6.42 Å². The minimum atomic E-state index is -0.920. The molecule has 0 bridgehead atoms. The maximum absolute atomic E-state index is 11.6. The van der Waals surface area contributed by atoms with Gasteiger partial charge < -0.3 is 9.84 Å². The highest BCUT2D eigenvalue weighted by Gasteiger charge is 2.22. The lowest BCUT2D eigenvalue weighted by atomic mass is 9.92. The van der Waals surface area contributed by atoms with Crippen LogP contribution >= 0.6 is 23.2 Å². The van der Waals surface area contributed by atoms with Crippen LogP contribution in [0.1, 0.15) is 17.0 Å². The highest BCUT2D eigenvalue weighted by atomic mass is 35.5. The van der Waals surface area contributed by atoms with Crippen molar-refractivity contribution in [2.75, 3.05) is 7.11 Å². The van der Waals surface area contributed by atoms with Gasteiger partial charge in [-0.2, -0.15) is 0 Å². The second-order valence-electron chi connectivity index (χ2n) is 4.57. The van der Waals surface area contributed by atoms with E-state index < -0.39 is 11.9 Å². The first-order valence-corrected chi connectivity index (χ1v) is 7.08. The van der Waals surface area contributed by atoms with Crippen molar-refractivity contribution in [3.63, 3.8) is 0 Å². The van der Waals surface area contributed by atoms with Gasteiger partial charge in [0.2, 0.25) is 0 Å². The third-order valence-electron chi connectivity index (χ3n) is 3.29. The zero-order valence-corrected chi connectivity index (χ0v) is 12.9. The summed E-state index contributed by atoms with van der Waals surface area (Å²) in [5, 5.41) is 10.4. The Morgan fingerprint density at radius 3 is 2.19 bits per heavy atom. The van der Waals surface area contributed by atoms with Crippen LogP contribution in [-0.2, 0) is 11.2 Å². The molecular formula is C16H14Cl2O3. The van der Waals surface area contributed by atoms with Gasteiger partial charge in [-0.25, -0.2) is 0 Å². The molecule has 0 aliphatic carbocycles. The van der Waals surface area contributed by atoms with Crippen molar-refractivity contribution in [1.29, 1.82) is 0 Å². The molecule has 2 aromatic carbocycles. The molecule has 3 nitrogen and oxygen atoms in total. The van der Waals surface area contributed by atoms with Gasteiger partial charge in [0.15, 0.2) is 0 Å². The fraction of sp³-hybridized carbons (Fsp3) is 0.188. The van der Waals surface area contributed by atoms with E-state index in [1.807, 2.05) is 0 Å². The summed E-state index contributed by atoms with van der Waals surface area (Å²) in [5.74, 6) is -0.955. The van der Waals surface area contributed by atoms with Crippen LogP contribution in [0.2, 0.25) is 10.0 Å². The van der Waals surface area contributed by atoms with Gasteiger partial charge in [-0.05, 0) is 41.8 Å². The van der Waals surface area contributed by atoms with Crippen LogP contribution in [0.3, 0.4) is 0 Å². The smallest absolute Gasteiger partial charge is 0.311 e. The molecule has 0 saturated carbocycles. The molecule has 0 fully saturated rings. The summed E-state index contributed by atoms with van der Waals surface area (Å²) in [6.07, 6.45) is 0.236. The van der Waals surface area contributed by atoms with E-state index in [4.69, 9.17) is 27.9 Å². The molecular weight excluding hydrogens is 311 g/mol. The summed E-state index contributed by atoms with van der Waals surface area (Å²) in [7, 11) is 1.56. The first-order chi connectivity index (χ1) is 10.0. The number of aliphatic carboxylic acids is 1. The molecule has 1 unspecified atom stereocenters. The van der Waals surface area contributed by atoms with E-state index in [0.29, 0.717) is 26.9 Å². The fourth-order valence-electron chi connectivity index (χ4n) is 2.12. The molecule has 0 aliphatic heterocycles. The zero-order chi connectivity index (χ0) is 15.4. The summed E-state index contributed by atoms with van der Waals surface area (Å²) >= 11 is 12.2. The second kappa shape index (κ2) is 6.83. The molecule has 5 heteroatoms. The number of carboxylic acids is 1. The molecule has 0 amide bonds. The molecule has 0 radical (unpaired) electrons. The number of benzene rings is 2. The van der Waals surface area contributed by atoms with Crippen LogP contribution < -0.4 is 4.74 Å². The average molecular weight is 325 g/mol. The zero-order valence-electron chi connectivity index (χ0n) is 11.3. The number of rotatable bonds is 5. The van der Waals surface area contributed by atoms with Crippen LogP contribution in [0.4, 0.5) is 0 Å². The molecule has 0 saturated heterocycles. The maximum atomic E-state index is 11.6. The van der Waals surface area contributed by atoms with E-state index in [1.54, 1.807) is 49.6 Å². The van der Waals surface area contributed by atoms with Crippen LogP contribution in [0.15, 0.2) is 42.5 Å². The standard InChI is InChI=1S/C16H14Cl2O3/c1-21-11-7-5-10(6-8-11)12(16(19)20)9-13-14(17)3-2-4-15(13)18/h2-8,12H,9H2,1H3,(H,19,20). The van der Waals surface area contributed by atoms with E-state index in [9.17, 15) is 9.90 Å². The molecule has 1 atom stereocenters. The second-order valence-corrected chi connectivity index (χ2v) is 5.38. The van der Waals surface area contributed by atoms with E-state index in [0.717, 1.165) is 0 Å². The van der Waals surface area contributed by atoms with Crippen LogP contribution in [-0.4, -0.2) is 18.2 Å². The quantitative estimate of drug-likeness (QED) is 0.885. The Hall–Kier alpha value is -1.71. The molecule has 0 aromatic heterocycles. The molecule has 0 aliphatic rings. The summed E-state index contributed by atoms with van der Waals surface area (Å²) in [6, 6.07) is 12.1. The molecule has 21 heavy (non-hydrogen) atoms. The van der Waals surface area contributed by atoms with Gasteiger partial charge in [0.1, 0.15) is 5.75 Å². The van der Waals surface area contributed by atoms with Crippen molar-refractivity contribution in [1.82, 2.24) is 0 Å². The fourth-order valence-corrected chi connectivity index (χ4v) is 2.67. The topological polar surface area (TPSA) is 46.5 Å². The highest BCUT2D eigenvalue weighted by Crippen LogP contribution is 2.31. The lowest BCUT2D eigenvalue weighted by Gasteiger charge is -2.15. The number of carbonyl (C=O) groups is 1. The predicted molar refractivity (Wildman–Crippen MR) is 83.5 cm³/mol. The molecule has 1 N–H and O–H groups in total. The number of hydrogen-bond acceptors (Lipinski definition) is 2.